The molecule has 84 valence electrons. The molecular formula is C15H14N2. The average Bonchev–Trinajstić information content (AvgIpc) is 2.82. The fourth-order valence-corrected chi connectivity index (χ4v) is 2.01. The second-order valence-corrected chi connectivity index (χ2v) is 4.16. The zero-order valence-electron chi connectivity index (χ0n) is 9.77. The van der Waals surface area contributed by atoms with Gasteiger partial charge in [-0.2, -0.15) is 0 Å². The Morgan fingerprint density at radius 1 is 1.06 bits per heavy atom. The van der Waals surface area contributed by atoms with E-state index in [2.05, 4.69) is 47.2 Å². The Balaban J connectivity index is 2.14. The molecule has 17 heavy (non-hydrogen) atoms. The summed E-state index contributed by atoms with van der Waals surface area (Å²) in [6.45, 7) is 2.16. The molecule has 0 aliphatic rings. The van der Waals surface area contributed by atoms with E-state index >= 15 is 0 Å². The number of fused-ring (bicyclic) bond motifs is 1. The van der Waals surface area contributed by atoms with Crippen LogP contribution in [0.1, 0.15) is 12.5 Å². The van der Waals surface area contributed by atoms with E-state index in [1.165, 1.54) is 5.56 Å². The second kappa shape index (κ2) is 4.06. The third kappa shape index (κ3) is 1.82. The van der Waals surface area contributed by atoms with Crippen LogP contribution in [-0.4, -0.2) is 9.97 Å². The minimum Gasteiger partial charge on any atom is -0.338 e. The van der Waals surface area contributed by atoms with Crippen molar-refractivity contribution in [1.82, 2.24) is 9.97 Å². The van der Waals surface area contributed by atoms with Crippen molar-refractivity contribution < 1.29 is 0 Å². The fourth-order valence-electron chi connectivity index (χ4n) is 2.01. The lowest BCUT2D eigenvalue weighted by Crippen LogP contribution is -1.78. The van der Waals surface area contributed by atoms with Gasteiger partial charge in [-0.1, -0.05) is 43.3 Å². The van der Waals surface area contributed by atoms with E-state index in [0.29, 0.717) is 0 Å². The summed E-state index contributed by atoms with van der Waals surface area (Å²) in [5, 5.41) is 0. The lowest BCUT2D eigenvalue weighted by atomic mass is 10.1. The SMILES string of the molecule is CCc1ccc2nc(-c3ccccc3)[nH]c2c1. The lowest BCUT2D eigenvalue weighted by Gasteiger charge is -1.94. The molecule has 2 aromatic carbocycles. The maximum Gasteiger partial charge on any atom is 0.138 e. The van der Waals surface area contributed by atoms with Crippen molar-refractivity contribution in [3.63, 3.8) is 0 Å². The first-order valence-corrected chi connectivity index (χ1v) is 5.91. The van der Waals surface area contributed by atoms with Gasteiger partial charge >= 0.3 is 0 Å². The molecule has 0 aliphatic carbocycles. The summed E-state index contributed by atoms with van der Waals surface area (Å²) in [4.78, 5) is 7.98. The molecule has 0 saturated carbocycles. The number of rotatable bonds is 2. The van der Waals surface area contributed by atoms with Gasteiger partial charge in [0.05, 0.1) is 11.0 Å². The zero-order valence-corrected chi connectivity index (χ0v) is 9.77. The van der Waals surface area contributed by atoms with Crippen LogP contribution in [0.5, 0.6) is 0 Å². The summed E-state index contributed by atoms with van der Waals surface area (Å²) in [5.74, 6) is 0.939. The minimum atomic E-state index is 0.939. The maximum absolute atomic E-state index is 4.60. The highest BCUT2D eigenvalue weighted by molar-refractivity contribution is 5.80. The summed E-state index contributed by atoms with van der Waals surface area (Å²) in [6, 6.07) is 16.6. The molecule has 0 spiro atoms. The van der Waals surface area contributed by atoms with Crippen molar-refractivity contribution in [3.05, 3.63) is 54.1 Å². The van der Waals surface area contributed by atoms with Crippen molar-refractivity contribution in [1.29, 1.82) is 0 Å². The Bertz CT molecular complexity index is 638. The molecule has 3 rings (SSSR count). The number of H-pyrrole nitrogens is 1. The van der Waals surface area contributed by atoms with Gasteiger partial charge in [0.25, 0.3) is 0 Å². The smallest absolute Gasteiger partial charge is 0.138 e. The van der Waals surface area contributed by atoms with Crippen LogP contribution < -0.4 is 0 Å². The van der Waals surface area contributed by atoms with Crippen molar-refractivity contribution in [2.45, 2.75) is 13.3 Å². The first kappa shape index (κ1) is 10.1. The summed E-state index contributed by atoms with van der Waals surface area (Å²) < 4.78 is 0. The van der Waals surface area contributed by atoms with Crippen molar-refractivity contribution in [2.75, 3.05) is 0 Å². The van der Waals surface area contributed by atoms with Crippen molar-refractivity contribution >= 4 is 11.0 Å². The molecule has 0 atom stereocenters. The van der Waals surface area contributed by atoms with Gasteiger partial charge in [0, 0.05) is 5.56 Å². The molecule has 0 fully saturated rings. The molecule has 0 saturated heterocycles. The molecule has 0 radical (unpaired) electrons. The third-order valence-electron chi connectivity index (χ3n) is 3.00. The number of hydrogen-bond donors (Lipinski definition) is 1. The van der Waals surface area contributed by atoms with Gasteiger partial charge in [-0.25, -0.2) is 4.98 Å². The van der Waals surface area contributed by atoms with Gasteiger partial charge in [0.1, 0.15) is 5.82 Å². The Morgan fingerprint density at radius 2 is 1.88 bits per heavy atom. The molecule has 0 amide bonds. The summed E-state index contributed by atoms with van der Waals surface area (Å²) in [6.07, 6.45) is 1.05. The standard InChI is InChI=1S/C15H14N2/c1-2-11-8-9-13-14(10-11)17-15(16-13)12-6-4-3-5-7-12/h3-10H,2H2,1H3,(H,16,17). The van der Waals surface area contributed by atoms with Crippen LogP contribution in [0.15, 0.2) is 48.5 Å². The minimum absolute atomic E-state index is 0.939. The molecule has 1 heterocycles. The highest BCUT2D eigenvalue weighted by atomic mass is 14.9. The third-order valence-corrected chi connectivity index (χ3v) is 3.00. The van der Waals surface area contributed by atoms with Crippen molar-refractivity contribution in [3.8, 4) is 11.4 Å². The number of imidazole rings is 1. The summed E-state index contributed by atoms with van der Waals surface area (Å²) in [5.41, 5.74) is 4.60. The predicted molar refractivity (Wildman–Crippen MR) is 70.9 cm³/mol. The molecular weight excluding hydrogens is 208 g/mol. The average molecular weight is 222 g/mol. The van der Waals surface area contributed by atoms with Crippen molar-refractivity contribution in [2.24, 2.45) is 0 Å². The highest BCUT2D eigenvalue weighted by Crippen LogP contribution is 2.21. The van der Waals surface area contributed by atoms with Crippen LogP contribution in [0.2, 0.25) is 0 Å². The first-order chi connectivity index (χ1) is 8.36. The van der Waals surface area contributed by atoms with Gasteiger partial charge < -0.3 is 4.98 Å². The quantitative estimate of drug-likeness (QED) is 0.702. The monoisotopic (exact) mass is 222 g/mol. The zero-order chi connectivity index (χ0) is 11.7. The van der Waals surface area contributed by atoms with E-state index in [0.717, 1.165) is 28.8 Å². The van der Waals surface area contributed by atoms with E-state index in [4.69, 9.17) is 0 Å². The topological polar surface area (TPSA) is 28.7 Å². The Labute approximate surface area is 100 Å². The molecule has 2 nitrogen and oxygen atoms in total. The van der Waals surface area contributed by atoms with Gasteiger partial charge in [-0.15, -0.1) is 0 Å². The first-order valence-electron chi connectivity index (χ1n) is 5.91. The number of aryl methyl sites for hydroxylation is 1. The lowest BCUT2D eigenvalue weighted by molar-refractivity contribution is 1.14. The normalized spacial score (nSPS) is 10.9. The largest absolute Gasteiger partial charge is 0.338 e. The van der Waals surface area contributed by atoms with E-state index in [1.54, 1.807) is 0 Å². The predicted octanol–water partition coefficient (Wildman–Crippen LogP) is 3.79. The molecule has 0 bridgehead atoms. The molecule has 0 unspecified atom stereocenters. The van der Waals surface area contributed by atoms with E-state index in [9.17, 15) is 0 Å². The van der Waals surface area contributed by atoms with Gasteiger partial charge in [0.15, 0.2) is 0 Å². The molecule has 2 heteroatoms. The number of hydrogen-bond acceptors (Lipinski definition) is 1. The van der Waals surface area contributed by atoms with Crippen LogP contribution in [0.4, 0.5) is 0 Å². The molecule has 0 aliphatic heterocycles. The van der Waals surface area contributed by atoms with Gasteiger partial charge in [0.2, 0.25) is 0 Å². The number of benzene rings is 2. The maximum atomic E-state index is 4.60. The van der Waals surface area contributed by atoms with Crippen LogP contribution >= 0.6 is 0 Å². The molecule has 1 aromatic heterocycles. The van der Waals surface area contributed by atoms with E-state index < -0.39 is 0 Å². The van der Waals surface area contributed by atoms with Crippen LogP contribution in [0.25, 0.3) is 22.4 Å². The van der Waals surface area contributed by atoms with Crippen LogP contribution in [-0.2, 0) is 6.42 Å². The van der Waals surface area contributed by atoms with Gasteiger partial charge in [-0.3, -0.25) is 0 Å². The second-order valence-electron chi connectivity index (χ2n) is 4.16. The number of aromatic nitrogens is 2. The summed E-state index contributed by atoms with van der Waals surface area (Å²) in [7, 11) is 0. The Kier molecular flexibility index (Phi) is 2.41. The van der Waals surface area contributed by atoms with Crippen LogP contribution in [0.3, 0.4) is 0 Å². The number of nitrogens with zero attached hydrogens (tertiary/aromatic N) is 1. The molecule has 1 N–H and O–H groups in total. The Morgan fingerprint density at radius 3 is 2.65 bits per heavy atom. The fraction of sp³-hybridized carbons (Fsp3) is 0.133. The summed E-state index contributed by atoms with van der Waals surface area (Å²) >= 11 is 0. The number of aromatic amines is 1. The molecule has 3 aromatic rings. The van der Waals surface area contributed by atoms with E-state index in [1.807, 2.05) is 18.2 Å². The van der Waals surface area contributed by atoms with E-state index in [-0.39, 0.29) is 0 Å². The number of nitrogens with one attached hydrogen (secondary N) is 1. The highest BCUT2D eigenvalue weighted by Gasteiger charge is 2.04. The Hall–Kier alpha value is -2.09. The van der Waals surface area contributed by atoms with Crippen LogP contribution in [0, 0.1) is 0 Å². The van der Waals surface area contributed by atoms with Gasteiger partial charge in [-0.05, 0) is 24.1 Å².